The van der Waals surface area contributed by atoms with Crippen LogP contribution in [0.3, 0.4) is 0 Å². The summed E-state index contributed by atoms with van der Waals surface area (Å²) < 4.78 is 0. The molecule has 1 aromatic heterocycles. The molecule has 1 aliphatic rings. The summed E-state index contributed by atoms with van der Waals surface area (Å²) in [5, 5.41) is 11.9. The first-order valence-corrected chi connectivity index (χ1v) is 11.0. The minimum atomic E-state index is 0.217. The van der Waals surface area contributed by atoms with Crippen molar-refractivity contribution in [2.45, 2.75) is 43.7 Å². The molecule has 2 heterocycles. The third-order valence-corrected chi connectivity index (χ3v) is 6.42. The van der Waals surface area contributed by atoms with Gasteiger partial charge in [-0.15, -0.1) is 10.2 Å². The van der Waals surface area contributed by atoms with Crippen LogP contribution >= 0.6 is 11.8 Å². The number of benzene rings is 2. The Morgan fingerprint density at radius 3 is 2.57 bits per heavy atom. The van der Waals surface area contributed by atoms with Crippen molar-refractivity contribution < 1.29 is 4.79 Å². The third kappa shape index (κ3) is 3.90. The molecule has 0 aliphatic carbocycles. The standard InChI is InChI=1S/C23H25N3OS/c1-2-18-12-8-9-15-26(18)21(27)16-28-23-20-14-7-6-13-19(20)22(24-25-23)17-10-4-3-5-11-17/h3-7,10-11,13-14,18H,2,8-9,12,15-16H2,1H3/t18-/m0/s1. The summed E-state index contributed by atoms with van der Waals surface area (Å²) >= 11 is 1.50. The molecular formula is C23H25N3OS. The lowest BCUT2D eigenvalue weighted by atomic mass is 10.0. The molecule has 28 heavy (non-hydrogen) atoms. The highest BCUT2D eigenvalue weighted by molar-refractivity contribution is 8.00. The van der Waals surface area contributed by atoms with Crippen molar-refractivity contribution in [3.8, 4) is 11.3 Å². The zero-order valence-corrected chi connectivity index (χ0v) is 17.0. The molecule has 1 fully saturated rings. The zero-order valence-electron chi connectivity index (χ0n) is 16.2. The van der Waals surface area contributed by atoms with E-state index in [4.69, 9.17) is 0 Å². The minimum Gasteiger partial charge on any atom is -0.339 e. The first kappa shape index (κ1) is 18.9. The lowest BCUT2D eigenvalue weighted by molar-refractivity contribution is -0.132. The molecule has 4 rings (SSSR count). The largest absolute Gasteiger partial charge is 0.339 e. The second kappa shape index (κ2) is 8.74. The summed E-state index contributed by atoms with van der Waals surface area (Å²) in [6.45, 7) is 3.06. The Morgan fingerprint density at radius 1 is 1.04 bits per heavy atom. The number of fused-ring (bicyclic) bond motifs is 1. The second-order valence-corrected chi connectivity index (χ2v) is 8.16. The number of carbonyl (C=O) groups is 1. The third-order valence-electron chi connectivity index (χ3n) is 5.45. The van der Waals surface area contributed by atoms with Gasteiger partial charge in [-0.3, -0.25) is 4.79 Å². The Bertz CT molecular complexity index is 960. The molecule has 5 heteroatoms. The van der Waals surface area contributed by atoms with Crippen molar-refractivity contribution in [3.63, 3.8) is 0 Å². The Labute approximate surface area is 170 Å². The Morgan fingerprint density at radius 2 is 1.79 bits per heavy atom. The van der Waals surface area contributed by atoms with Gasteiger partial charge in [0.1, 0.15) is 10.7 Å². The smallest absolute Gasteiger partial charge is 0.233 e. The van der Waals surface area contributed by atoms with Crippen molar-refractivity contribution in [2.75, 3.05) is 12.3 Å². The van der Waals surface area contributed by atoms with E-state index >= 15 is 0 Å². The predicted molar refractivity (Wildman–Crippen MR) is 115 cm³/mol. The molecular weight excluding hydrogens is 366 g/mol. The maximum Gasteiger partial charge on any atom is 0.233 e. The van der Waals surface area contributed by atoms with Crippen molar-refractivity contribution in [1.82, 2.24) is 15.1 Å². The molecule has 0 unspecified atom stereocenters. The van der Waals surface area contributed by atoms with Crippen LogP contribution in [0.1, 0.15) is 32.6 Å². The number of carbonyl (C=O) groups excluding carboxylic acids is 1. The van der Waals surface area contributed by atoms with Crippen molar-refractivity contribution in [1.29, 1.82) is 0 Å². The quantitative estimate of drug-likeness (QED) is 0.562. The van der Waals surface area contributed by atoms with Crippen LogP contribution in [0.4, 0.5) is 0 Å². The zero-order chi connectivity index (χ0) is 19.3. The molecule has 4 nitrogen and oxygen atoms in total. The highest BCUT2D eigenvalue weighted by atomic mass is 32.2. The lowest BCUT2D eigenvalue weighted by Crippen LogP contribution is -2.44. The van der Waals surface area contributed by atoms with Gasteiger partial charge >= 0.3 is 0 Å². The number of hydrogen-bond acceptors (Lipinski definition) is 4. The molecule has 1 saturated heterocycles. The molecule has 0 radical (unpaired) electrons. The fourth-order valence-electron chi connectivity index (χ4n) is 3.96. The molecule has 0 bridgehead atoms. The maximum atomic E-state index is 12.8. The van der Waals surface area contributed by atoms with Gasteiger partial charge in [0.05, 0.1) is 5.75 Å². The summed E-state index contributed by atoms with van der Waals surface area (Å²) in [6, 6.07) is 18.7. The number of aromatic nitrogens is 2. The fourth-order valence-corrected chi connectivity index (χ4v) is 4.82. The number of likely N-dealkylation sites (tertiary alicyclic amines) is 1. The molecule has 1 amide bonds. The first-order valence-electron chi connectivity index (χ1n) is 10.0. The SMILES string of the molecule is CC[C@H]1CCCCN1C(=O)CSc1nnc(-c2ccccc2)c2ccccc12. The highest BCUT2D eigenvalue weighted by Gasteiger charge is 2.25. The second-order valence-electron chi connectivity index (χ2n) is 7.20. The highest BCUT2D eigenvalue weighted by Crippen LogP contribution is 2.32. The van der Waals surface area contributed by atoms with Gasteiger partial charge < -0.3 is 4.90 Å². The summed E-state index contributed by atoms with van der Waals surface area (Å²) in [7, 11) is 0. The van der Waals surface area contributed by atoms with Crippen molar-refractivity contribution in [2.24, 2.45) is 0 Å². The number of thioether (sulfide) groups is 1. The van der Waals surface area contributed by atoms with Crippen LogP contribution in [-0.2, 0) is 4.79 Å². The van der Waals surface area contributed by atoms with Gasteiger partial charge in [-0.2, -0.15) is 0 Å². The van der Waals surface area contributed by atoms with E-state index in [9.17, 15) is 4.79 Å². The van der Waals surface area contributed by atoms with Gasteiger partial charge in [0, 0.05) is 28.9 Å². The molecule has 0 saturated carbocycles. The van der Waals surface area contributed by atoms with Crippen LogP contribution in [0, 0.1) is 0 Å². The van der Waals surface area contributed by atoms with E-state index in [0.717, 1.165) is 52.9 Å². The van der Waals surface area contributed by atoms with E-state index in [1.54, 1.807) is 0 Å². The van der Waals surface area contributed by atoms with Crippen molar-refractivity contribution >= 4 is 28.4 Å². The van der Waals surface area contributed by atoms with Gasteiger partial charge in [0.15, 0.2) is 0 Å². The van der Waals surface area contributed by atoms with E-state index in [0.29, 0.717) is 11.8 Å². The fraction of sp³-hybridized carbons (Fsp3) is 0.348. The average Bonchev–Trinajstić information content (AvgIpc) is 2.77. The molecule has 0 spiro atoms. The Kier molecular flexibility index (Phi) is 5.91. The molecule has 1 atom stereocenters. The first-order chi connectivity index (χ1) is 13.8. The van der Waals surface area contributed by atoms with E-state index in [1.165, 1.54) is 18.2 Å². The molecule has 0 N–H and O–H groups in total. The van der Waals surface area contributed by atoms with Gasteiger partial charge in [0.2, 0.25) is 5.91 Å². The maximum absolute atomic E-state index is 12.8. The summed E-state index contributed by atoms with van der Waals surface area (Å²) in [4.78, 5) is 14.9. The molecule has 1 aliphatic heterocycles. The summed E-state index contributed by atoms with van der Waals surface area (Å²) in [5.41, 5.74) is 1.94. The van der Waals surface area contributed by atoms with Crippen LogP contribution in [0.2, 0.25) is 0 Å². The topological polar surface area (TPSA) is 46.1 Å². The van der Waals surface area contributed by atoms with E-state index in [1.807, 2.05) is 42.5 Å². The minimum absolute atomic E-state index is 0.217. The van der Waals surface area contributed by atoms with Gasteiger partial charge in [-0.05, 0) is 25.7 Å². The van der Waals surface area contributed by atoms with Gasteiger partial charge in [-0.1, -0.05) is 73.3 Å². The molecule has 2 aromatic carbocycles. The number of nitrogens with zero attached hydrogens (tertiary/aromatic N) is 3. The number of piperidine rings is 1. The number of rotatable bonds is 5. The lowest BCUT2D eigenvalue weighted by Gasteiger charge is -2.35. The van der Waals surface area contributed by atoms with Gasteiger partial charge in [0.25, 0.3) is 0 Å². The van der Waals surface area contributed by atoms with Gasteiger partial charge in [-0.25, -0.2) is 0 Å². The van der Waals surface area contributed by atoms with E-state index < -0.39 is 0 Å². The van der Waals surface area contributed by atoms with Crippen molar-refractivity contribution in [3.05, 3.63) is 54.6 Å². The molecule has 3 aromatic rings. The Hall–Kier alpha value is -2.40. The monoisotopic (exact) mass is 391 g/mol. The van der Waals surface area contributed by atoms with Crippen LogP contribution in [0.15, 0.2) is 59.6 Å². The average molecular weight is 392 g/mol. The van der Waals surface area contributed by atoms with E-state index in [2.05, 4.69) is 34.2 Å². The van der Waals surface area contributed by atoms with Crippen LogP contribution in [-0.4, -0.2) is 39.3 Å². The summed E-state index contributed by atoms with van der Waals surface area (Å²) in [5.74, 6) is 0.634. The van der Waals surface area contributed by atoms with Crippen LogP contribution in [0.5, 0.6) is 0 Å². The van der Waals surface area contributed by atoms with E-state index in [-0.39, 0.29) is 5.91 Å². The Balaban J connectivity index is 1.57. The normalized spacial score (nSPS) is 17.0. The predicted octanol–water partition coefficient (Wildman–Crippen LogP) is 5.18. The summed E-state index contributed by atoms with van der Waals surface area (Å²) in [6.07, 6.45) is 4.50. The molecule has 144 valence electrons. The van der Waals surface area contributed by atoms with Crippen LogP contribution < -0.4 is 0 Å². The van der Waals surface area contributed by atoms with Crippen LogP contribution in [0.25, 0.3) is 22.0 Å². The number of hydrogen-bond donors (Lipinski definition) is 0. The number of amides is 1.